The highest BCUT2D eigenvalue weighted by Crippen LogP contribution is 2.34. The molecular formula is C22H24ClF3N4O3. The summed E-state index contributed by atoms with van der Waals surface area (Å²) in [7, 11) is 0. The molecule has 0 saturated heterocycles. The third-order valence-corrected chi connectivity index (χ3v) is 5.09. The zero-order chi connectivity index (χ0) is 24.6. The summed E-state index contributed by atoms with van der Waals surface area (Å²) in [5.41, 5.74) is -0.106. The summed E-state index contributed by atoms with van der Waals surface area (Å²) >= 11 is 6.01. The predicted molar refractivity (Wildman–Crippen MR) is 120 cm³/mol. The smallest absolute Gasteiger partial charge is 0.346 e. The SMILES string of the molecule is CCN(CC(=O)NCC(=O)Nc1cccc(Cl)c1C)CC(=O)Nc1ccccc1C(F)(F)F. The lowest BCUT2D eigenvalue weighted by molar-refractivity contribution is -0.137. The number of alkyl halides is 3. The van der Waals surface area contributed by atoms with Gasteiger partial charge in [-0.3, -0.25) is 19.3 Å². The third-order valence-electron chi connectivity index (χ3n) is 4.68. The molecule has 7 nitrogen and oxygen atoms in total. The van der Waals surface area contributed by atoms with Crippen LogP contribution in [-0.2, 0) is 20.6 Å². The highest BCUT2D eigenvalue weighted by atomic mass is 35.5. The summed E-state index contributed by atoms with van der Waals surface area (Å²) in [6.45, 7) is 2.91. The number of amides is 3. The number of halogens is 4. The molecule has 0 aliphatic rings. The number of likely N-dealkylation sites (N-methyl/N-ethyl adjacent to an activating group) is 1. The van der Waals surface area contributed by atoms with Crippen LogP contribution in [0.1, 0.15) is 18.1 Å². The molecule has 0 bridgehead atoms. The van der Waals surface area contributed by atoms with Gasteiger partial charge in [-0.2, -0.15) is 13.2 Å². The van der Waals surface area contributed by atoms with E-state index in [0.29, 0.717) is 16.3 Å². The van der Waals surface area contributed by atoms with Gasteiger partial charge in [-0.1, -0.05) is 36.7 Å². The number of carbonyl (C=O) groups is 3. The first-order chi connectivity index (χ1) is 15.5. The average Bonchev–Trinajstić information content (AvgIpc) is 2.74. The van der Waals surface area contributed by atoms with Crippen LogP contribution in [0.4, 0.5) is 24.5 Å². The standard InChI is InChI=1S/C22H24ClF3N4O3/c1-3-30(13-21(33)29-18-9-5-4-7-15(18)22(24,25)26)12-20(32)27-11-19(31)28-17-10-6-8-16(23)14(17)2/h4-10H,3,11-13H2,1-2H3,(H,27,32)(H,28,31)(H,29,33). The molecule has 2 aromatic rings. The van der Waals surface area contributed by atoms with Gasteiger partial charge in [0, 0.05) is 10.7 Å². The highest BCUT2D eigenvalue weighted by molar-refractivity contribution is 6.31. The molecule has 0 fully saturated rings. The van der Waals surface area contributed by atoms with Crippen molar-refractivity contribution in [2.75, 3.05) is 36.8 Å². The van der Waals surface area contributed by atoms with Crippen molar-refractivity contribution in [2.24, 2.45) is 0 Å². The van der Waals surface area contributed by atoms with Crippen LogP contribution < -0.4 is 16.0 Å². The van der Waals surface area contributed by atoms with E-state index in [-0.39, 0.29) is 31.9 Å². The maximum atomic E-state index is 13.1. The Hall–Kier alpha value is -3.11. The number of hydrogen-bond acceptors (Lipinski definition) is 4. The van der Waals surface area contributed by atoms with E-state index in [1.807, 2.05) is 0 Å². The Kier molecular flexibility index (Phi) is 9.24. The van der Waals surface area contributed by atoms with Gasteiger partial charge in [-0.15, -0.1) is 0 Å². The van der Waals surface area contributed by atoms with Gasteiger partial charge >= 0.3 is 6.18 Å². The molecule has 178 valence electrons. The molecule has 0 spiro atoms. The number of nitrogens with zero attached hydrogens (tertiary/aromatic N) is 1. The normalized spacial score (nSPS) is 11.2. The Morgan fingerprint density at radius 2 is 1.52 bits per heavy atom. The van der Waals surface area contributed by atoms with Crippen molar-refractivity contribution in [3.05, 3.63) is 58.6 Å². The molecular weight excluding hydrogens is 461 g/mol. The molecule has 2 rings (SSSR count). The van der Waals surface area contributed by atoms with Crippen molar-refractivity contribution < 1.29 is 27.6 Å². The minimum Gasteiger partial charge on any atom is -0.346 e. The van der Waals surface area contributed by atoms with Gasteiger partial charge in [0.15, 0.2) is 0 Å². The fraction of sp³-hybridized carbons (Fsp3) is 0.318. The van der Waals surface area contributed by atoms with Crippen molar-refractivity contribution in [1.29, 1.82) is 0 Å². The molecule has 33 heavy (non-hydrogen) atoms. The van der Waals surface area contributed by atoms with Crippen LogP contribution in [0, 0.1) is 6.92 Å². The summed E-state index contributed by atoms with van der Waals surface area (Å²) in [4.78, 5) is 37.9. The number of anilines is 2. The quantitative estimate of drug-likeness (QED) is 0.506. The van der Waals surface area contributed by atoms with Gasteiger partial charge < -0.3 is 16.0 Å². The Morgan fingerprint density at radius 3 is 2.18 bits per heavy atom. The Morgan fingerprint density at radius 1 is 0.909 bits per heavy atom. The van der Waals surface area contributed by atoms with Gasteiger partial charge in [0.05, 0.1) is 30.9 Å². The maximum absolute atomic E-state index is 13.1. The molecule has 3 amide bonds. The third kappa shape index (κ3) is 8.07. The first-order valence-corrected chi connectivity index (χ1v) is 10.4. The molecule has 0 saturated carbocycles. The van der Waals surface area contributed by atoms with Crippen molar-refractivity contribution in [2.45, 2.75) is 20.0 Å². The minimum absolute atomic E-state index is 0.214. The Bertz CT molecular complexity index is 1010. The summed E-state index contributed by atoms with van der Waals surface area (Å²) in [6.07, 6.45) is -4.61. The van der Waals surface area contributed by atoms with Crippen molar-refractivity contribution >= 4 is 40.7 Å². The zero-order valence-electron chi connectivity index (χ0n) is 18.1. The lowest BCUT2D eigenvalue weighted by atomic mass is 10.1. The van der Waals surface area contributed by atoms with Crippen LogP contribution in [0.25, 0.3) is 0 Å². The molecule has 0 aliphatic carbocycles. The molecule has 0 atom stereocenters. The lowest BCUT2D eigenvalue weighted by Crippen LogP contribution is -2.43. The molecule has 0 aromatic heterocycles. The van der Waals surface area contributed by atoms with Gasteiger partial charge in [-0.05, 0) is 43.3 Å². The fourth-order valence-electron chi connectivity index (χ4n) is 2.89. The van der Waals surface area contributed by atoms with E-state index in [9.17, 15) is 27.6 Å². The Labute approximate surface area is 194 Å². The second kappa shape index (κ2) is 11.7. The fourth-order valence-corrected chi connectivity index (χ4v) is 3.06. The zero-order valence-corrected chi connectivity index (χ0v) is 18.8. The first-order valence-electron chi connectivity index (χ1n) is 10.0. The molecule has 0 unspecified atom stereocenters. The van der Waals surface area contributed by atoms with Crippen LogP contribution in [-0.4, -0.2) is 48.8 Å². The Balaban J connectivity index is 1.85. The van der Waals surface area contributed by atoms with Crippen LogP contribution >= 0.6 is 11.6 Å². The molecule has 2 aromatic carbocycles. The monoisotopic (exact) mass is 484 g/mol. The van der Waals surface area contributed by atoms with Crippen LogP contribution in [0.2, 0.25) is 5.02 Å². The van der Waals surface area contributed by atoms with Gasteiger partial charge in [0.2, 0.25) is 17.7 Å². The summed E-state index contributed by atoms with van der Waals surface area (Å²) in [5.74, 6) is -1.67. The molecule has 0 heterocycles. The van der Waals surface area contributed by atoms with E-state index in [0.717, 1.165) is 12.1 Å². The van der Waals surface area contributed by atoms with E-state index in [2.05, 4.69) is 16.0 Å². The highest BCUT2D eigenvalue weighted by Gasteiger charge is 2.33. The second-order valence-corrected chi connectivity index (χ2v) is 7.54. The summed E-state index contributed by atoms with van der Waals surface area (Å²) < 4.78 is 39.2. The molecule has 0 radical (unpaired) electrons. The number of hydrogen-bond donors (Lipinski definition) is 3. The van der Waals surface area contributed by atoms with Gasteiger partial charge in [0.25, 0.3) is 0 Å². The number of benzene rings is 2. The van der Waals surface area contributed by atoms with E-state index < -0.39 is 29.5 Å². The topological polar surface area (TPSA) is 90.5 Å². The molecule has 3 N–H and O–H groups in total. The lowest BCUT2D eigenvalue weighted by Gasteiger charge is -2.20. The van der Waals surface area contributed by atoms with Crippen LogP contribution in [0.15, 0.2) is 42.5 Å². The molecule has 0 aliphatic heterocycles. The van der Waals surface area contributed by atoms with E-state index in [1.54, 1.807) is 32.0 Å². The average molecular weight is 485 g/mol. The van der Waals surface area contributed by atoms with E-state index in [1.165, 1.54) is 17.0 Å². The van der Waals surface area contributed by atoms with Crippen molar-refractivity contribution in [3.8, 4) is 0 Å². The summed E-state index contributed by atoms with van der Waals surface area (Å²) in [5, 5.41) is 7.82. The molecule has 11 heteroatoms. The number of nitrogens with one attached hydrogen (secondary N) is 3. The second-order valence-electron chi connectivity index (χ2n) is 7.13. The van der Waals surface area contributed by atoms with Gasteiger partial charge in [0.1, 0.15) is 0 Å². The predicted octanol–water partition coefficient (Wildman–Crippen LogP) is 3.68. The number of rotatable bonds is 9. The first kappa shape index (κ1) is 26.1. The maximum Gasteiger partial charge on any atom is 0.418 e. The van der Waals surface area contributed by atoms with Crippen LogP contribution in [0.3, 0.4) is 0 Å². The number of para-hydroxylation sites is 1. The summed E-state index contributed by atoms with van der Waals surface area (Å²) in [6, 6.07) is 9.68. The van der Waals surface area contributed by atoms with E-state index in [4.69, 9.17) is 11.6 Å². The largest absolute Gasteiger partial charge is 0.418 e. The van der Waals surface area contributed by atoms with Crippen molar-refractivity contribution in [1.82, 2.24) is 10.2 Å². The minimum atomic E-state index is -4.61. The van der Waals surface area contributed by atoms with Gasteiger partial charge in [-0.25, -0.2) is 0 Å². The van der Waals surface area contributed by atoms with Crippen LogP contribution in [0.5, 0.6) is 0 Å². The van der Waals surface area contributed by atoms with E-state index >= 15 is 0 Å². The number of carbonyl (C=O) groups excluding carboxylic acids is 3. The van der Waals surface area contributed by atoms with Crippen molar-refractivity contribution in [3.63, 3.8) is 0 Å².